The number of hydrogen-bond acceptors (Lipinski definition) is 7. The third-order valence-electron chi connectivity index (χ3n) is 8.15. The molecule has 0 saturated heterocycles. The minimum Gasteiger partial charge on any atom is -0.508 e. The van der Waals surface area contributed by atoms with Gasteiger partial charge in [-0.05, 0) is 61.2 Å². The van der Waals surface area contributed by atoms with E-state index in [1.807, 2.05) is 6.08 Å². The number of carbonyl (C=O) groups is 1. The lowest BCUT2D eigenvalue weighted by molar-refractivity contribution is -0.143. The van der Waals surface area contributed by atoms with E-state index in [9.17, 15) is 19.8 Å². The van der Waals surface area contributed by atoms with Crippen molar-refractivity contribution in [1.82, 2.24) is 0 Å². The van der Waals surface area contributed by atoms with Crippen molar-refractivity contribution in [3.05, 3.63) is 99.1 Å². The molecule has 2 unspecified atom stereocenters. The van der Waals surface area contributed by atoms with Crippen LogP contribution in [0.2, 0.25) is 0 Å². The van der Waals surface area contributed by atoms with Crippen LogP contribution >= 0.6 is 0 Å². The number of carbonyl (C=O) groups excluding carboxylic acids is 1. The summed E-state index contributed by atoms with van der Waals surface area (Å²) in [6.07, 6.45) is 9.41. The Bertz CT molecular complexity index is 1610. The first kappa shape index (κ1) is 25.2. The highest BCUT2D eigenvalue weighted by Crippen LogP contribution is 2.54. The Morgan fingerprint density at radius 1 is 1.08 bits per heavy atom. The summed E-state index contributed by atoms with van der Waals surface area (Å²) in [6.45, 7) is 3.25. The summed E-state index contributed by atoms with van der Waals surface area (Å²) in [5.74, 6) is -0.386. The number of rotatable bonds is 7. The van der Waals surface area contributed by atoms with Crippen LogP contribution in [0.25, 0.3) is 17.0 Å². The molecule has 0 bridgehead atoms. The normalized spacial score (nSPS) is 22.1. The van der Waals surface area contributed by atoms with Crippen molar-refractivity contribution in [1.29, 1.82) is 0 Å². The van der Waals surface area contributed by atoms with E-state index < -0.39 is 5.63 Å². The number of para-hydroxylation sites is 1. The fraction of sp³-hybridized carbons (Fsp3) is 0.312. The Balaban J connectivity index is 1.44. The predicted octanol–water partition coefficient (Wildman–Crippen LogP) is 5.35. The molecular formula is C32H31NO6. The van der Waals surface area contributed by atoms with Gasteiger partial charge in [-0.2, -0.15) is 0 Å². The summed E-state index contributed by atoms with van der Waals surface area (Å²) in [6, 6.07) is 14.5. The third kappa shape index (κ3) is 4.36. The van der Waals surface area contributed by atoms with Gasteiger partial charge in [0.1, 0.15) is 17.4 Å². The van der Waals surface area contributed by atoms with Crippen LogP contribution in [0.3, 0.4) is 0 Å². The van der Waals surface area contributed by atoms with Crippen LogP contribution in [0.5, 0.6) is 5.75 Å². The Labute approximate surface area is 226 Å². The van der Waals surface area contributed by atoms with Gasteiger partial charge in [0.2, 0.25) is 0 Å². The molecule has 0 saturated carbocycles. The van der Waals surface area contributed by atoms with Crippen molar-refractivity contribution >= 4 is 28.7 Å². The standard InChI is InChI=1S/C32H31NO6/c1-32(14-5-2-6-16-34)25-7-3-4-8-26(25)33-15-13-27-24(30(32)33)17-21(31(37)39-27)10-9-20-18-29(36)38-28-19-22(35)11-12-23(20)28/h3-4,7-12,17-19,27,34-35H,2,5-6,13-16H2,1H3/b10-9+. The predicted molar refractivity (Wildman–Crippen MR) is 149 cm³/mol. The van der Waals surface area contributed by atoms with E-state index in [0.29, 0.717) is 22.9 Å². The first-order chi connectivity index (χ1) is 18.9. The van der Waals surface area contributed by atoms with E-state index in [0.717, 1.165) is 37.8 Å². The number of aliphatic hydroxyl groups excluding tert-OH is 1. The maximum atomic E-state index is 13.0. The highest BCUT2D eigenvalue weighted by molar-refractivity contribution is 5.96. The number of esters is 1. The Hall–Kier alpha value is -4.10. The average Bonchev–Trinajstić information content (AvgIpc) is 3.18. The Kier molecular flexibility index (Phi) is 6.39. The van der Waals surface area contributed by atoms with E-state index >= 15 is 0 Å². The number of unbranched alkanes of at least 4 members (excludes halogenated alkanes) is 2. The van der Waals surface area contributed by atoms with Gasteiger partial charge in [-0.15, -0.1) is 0 Å². The van der Waals surface area contributed by atoms with Crippen LogP contribution in [-0.2, 0) is 14.9 Å². The largest absolute Gasteiger partial charge is 0.508 e. The number of aromatic hydroxyl groups is 1. The summed E-state index contributed by atoms with van der Waals surface area (Å²) in [5.41, 5.74) is 5.17. The molecule has 3 aromatic rings. The molecular weight excluding hydrogens is 494 g/mol. The lowest BCUT2D eigenvalue weighted by Crippen LogP contribution is -2.41. The second-order valence-corrected chi connectivity index (χ2v) is 10.7. The maximum absolute atomic E-state index is 13.0. The smallest absolute Gasteiger partial charge is 0.338 e. The van der Waals surface area contributed by atoms with Gasteiger partial charge in [0.25, 0.3) is 0 Å². The van der Waals surface area contributed by atoms with E-state index in [1.54, 1.807) is 18.2 Å². The van der Waals surface area contributed by atoms with Crippen molar-refractivity contribution < 1.29 is 24.2 Å². The lowest BCUT2D eigenvalue weighted by atomic mass is 9.74. The molecule has 4 heterocycles. The van der Waals surface area contributed by atoms with Gasteiger partial charge < -0.3 is 24.3 Å². The molecule has 2 atom stereocenters. The molecule has 0 fully saturated rings. The Morgan fingerprint density at radius 2 is 1.92 bits per heavy atom. The molecule has 7 heteroatoms. The quantitative estimate of drug-likeness (QED) is 0.244. The molecule has 2 N–H and O–H groups in total. The minimum atomic E-state index is -0.540. The second kappa shape index (κ2) is 9.89. The van der Waals surface area contributed by atoms with Gasteiger partial charge in [-0.25, -0.2) is 9.59 Å². The molecule has 6 rings (SSSR count). The van der Waals surface area contributed by atoms with Crippen LogP contribution in [0.4, 0.5) is 5.69 Å². The van der Waals surface area contributed by atoms with Gasteiger partial charge in [0.15, 0.2) is 0 Å². The number of ether oxygens (including phenoxy) is 1. The molecule has 2 aromatic carbocycles. The number of allylic oxidation sites excluding steroid dienone is 1. The van der Waals surface area contributed by atoms with Crippen LogP contribution < -0.4 is 10.5 Å². The number of phenolic OH excluding ortho intramolecular Hbond substituents is 1. The molecule has 7 nitrogen and oxygen atoms in total. The summed E-state index contributed by atoms with van der Waals surface area (Å²) < 4.78 is 11.2. The Morgan fingerprint density at radius 3 is 2.77 bits per heavy atom. The fourth-order valence-electron chi connectivity index (χ4n) is 6.32. The molecule has 3 aliphatic heterocycles. The molecule has 200 valence electrons. The fourth-order valence-corrected chi connectivity index (χ4v) is 6.32. The molecule has 0 radical (unpaired) electrons. The lowest BCUT2D eigenvalue weighted by Gasteiger charge is -2.40. The molecule has 39 heavy (non-hydrogen) atoms. The van der Waals surface area contributed by atoms with Gasteiger partial charge in [-0.1, -0.05) is 37.1 Å². The number of benzene rings is 2. The van der Waals surface area contributed by atoms with Gasteiger partial charge >= 0.3 is 11.6 Å². The van der Waals surface area contributed by atoms with Gasteiger partial charge in [0, 0.05) is 59.5 Å². The number of aliphatic hydroxyl groups is 1. The van der Waals surface area contributed by atoms with Crippen molar-refractivity contribution in [2.45, 2.75) is 50.5 Å². The number of anilines is 1. The highest BCUT2D eigenvalue weighted by Gasteiger charge is 2.48. The summed E-state index contributed by atoms with van der Waals surface area (Å²) in [7, 11) is 0. The minimum absolute atomic E-state index is 0.00337. The maximum Gasteiger partial charge on any atom is 0.338 e. The van der Waals surface area contributed by atoms with Gasteiger partial charge in [0.05, 0.1) is 5.57 Å². The zero-order chi connectivity index (χ0) is 27.1. The number of hydrogen-bond donors (Lipinski definition) is 2. The van der Waals surface area contributed by atoms with Crippen molar-refractivity contribution in [3.8, 4) is 5.75 Å². The molecule has 0 aliphatic carbocycles. The third-order valence-corrected chi connectivity index (χ3v) is 8.15. The molecule has 1 aromatic heterocycles. The first-order valence-electron chi connectivity index (χ1n) is 13.5. The summed E-state index contributed by atoms with van der Waals surface area (Å²) in [5, 5.41) is 19.7. The van der Waals surface area contributed by atoms with Crippen LogP contribution in [0.1, 0.15) is 50.2 Å². The number of phenols is 1. The van der Waals surface area contributed by atoms with Crippen LogP contribution in [0, 0.1) is 0 Å². The van der Waals surface area contributed by atoms with Crippen LogP contribution in [-0.4, -0.2) is 35.4 Å². The number of nitrogens with zero attached hydrogens (tertiary/aromatic N) is 1. The van der Waals surface area contributed by atoms with Crippen molar-refractivity contribution in [2.75, 3.05) is 18.1 Å². The topological polar surface area (TPSA) is 100 Å². The molecule has 0 amide bonds. The first-order valence-corrected chi connectivity index (χ1v) is 13.5. The van der Waals surface area contributed by atoms with Gasteiger partial charge in [-0.3, -0.25) is 0 Å². The monoisotopic (exact) mass is 525 g/mol. The second-order valence-electron chi connectivity index (χ2n) is 10.7. The van der Waals surface area contributed by atoms with Crippen molar-refractivity contribution in [2.24, 2.45) is 0 Å². The van der Waals surface area contributed by atoms with Crippen molar-refractivity contribution in [3.63, 3.8) is 0 Å². The zero-order valence-corrected chi connectivity index (χ0v) is 21.9. The molecule has 3 aliphatic rings. The van der Waals surface area contributed by atoms with E-state index in [-0.39, 0.29) is 35.4 Å². The van der Waals surface area contributed by atoms with E-state index in [1.165, 1.54) is 35.1 Å². The van der Waals surface area contributed by atoms with E-state index in [4.69, 9.17) is 9.15 Å². The zero-order valence-electron chi connectivity index (χ0n) is 21.9. The highest BCUT2D eigenvalue weighted by atomic mass is 16.5. The summed E-state index contributed by atoms with van der Waals surface area (Å²) >= 11 is 0. The molecule has 0 spiro atoms. The SMILES string of the molecule is CC1(CCCCCO)C2=C3C=C(/C=C/c4cc(=O)oc5cc(O)ccc45)C(=O)OC3CCN2c2ccccc21. The summed E-state index contributed by atoms with van der Waals surface area (Å²) in [4.78, 5) is 27.6. The van der Waals surface area contributed by atoms with E-state index in [2.05, 4.69) is 36.1 Å². The number of fused-ring (bicyclic) bond motifs is 5. The average molecular weight is 526 g/mol. The van der Waals surface area contributed by atoms with Crippen LogP contribution in [0.15, 0.2) is 86.7 Å².